The first-order chi connectivity index (χ1) is 8.29. The van der Waals surface area contributed by atoms with Crippen molar-refractivity contribution in [1.29, 1.82) is 0 Å². The Bertz CT molecular complexity index is 453. The monoisotopic (exact) mass is 232 g/mol. The van der Waals surface area contributed by atoms with Gasteiger partial charge in [-0.05, 0) is 32.1 Å². The van der Waals surface area contributed by atoms with Crippen LogP contribution in [0.3, 0.4) is 0 Å². The van der Waals surface area contributed by atoms with Gasteiger partial charge >= 0.3 is 0 Å². The van der Waals surface area contributed by atoms with Crippen LogP contribution in [0.2, 0.25) is 0 Å². The van der Waals surface area contributed by atoms with E-state index < -0.39 is 0 Å². The van der Waals surface area contributed by atoms with Gasteiger partial charge in [-0.3, -0.25) is 4.79 Å². The zero-order valence-corrected chi connectivity index (χ0v) is 10.9. The standard InChI is InChI=1S/C12H14N2O.C2H6/c1-3-5-8-11(7-4-2)14-12(15)9-6-10-13-14;1-2/h3-10H,1-2H3;1-2H3/b5-3-,7-4-,11-8+;. The van der Waals surface area contributed by atoms with Gasteiger partial charge in [-0.2, -0.15) is 9.78 Å². The summed E-state index contributed by atoms with van der Waals surface area (Å²) in [5.74, 6) is 0. The third-order valence-corrected chi connectivity index (χ3v) is 1.76. The van der Waals surface area contributed by atoms with Gasteiger partial charge in [-0.25, -0.2) is 0 Å². The van der Waals surface area contributed by atoms with Crippen molar-refractivity contribution in [2.45, 2.75) is 27.7 Å². The fraction of sp³-hybridized carbons (Fsp3) is 0.286. The minimum Gasteiger partial charge on any atom is -0.267 e. The average Bonchev–Trinajstić information content (AvgIpc) is 2.38. The summed E-state index contributed by atoms with van der Waals surface area (Å²) in [6.45, 7) is 7.82. The maximum atomic E-state index is 11.5. The lowest BCUT2D eigenvalue weighted by atomic mass is 10.3. The number of rotatable bonds is 3. The molecule has 1 aromatic heterocycles. The second-order valence-corrected chi connectivity index (χ2v) is 2.89. The van der Waals surface area contributed by atoms with Gasteiger partial charge in [0.1, 0.15) is 0 Å². The van der Waals surface area contributed by atoms with Crippen molar-refractivity contribution in [3.8, 4) is 0 Å². The Hall–Kier alpha value is -1.90. The van der Waals surface area contributed by atoms with Crippen LogP contribution in [0.4, 0.5) is 0 Å². The zero-order chi connectivity index (χ0) is 13.1. The molecule has 17 heavy (non-hydrogen) atoms. The Morgan fingerprint density at radius 2 is 2.00 bits per heavy atom. The van der Waals surface area contributed by atoms with Crippen molar-refractivity contribution in [3.05, 3.63) is 59.1 Å². The van der Waals surface area contributed by atoms with Crippen molar-refractivity contribution in [2.75, 3.05) is 0 Å². The van der Waals surface area contributed by atoms with E-state index >= 15 is 0 Å². The molecule has 0 atom stereocenters. The lowest BCUT2D eigenvalue weighted by Gasteiger charge is -2.02. The van der Waals surface area contributed by atoms with Crippen molar-refractivity contribution in [3.63, 3.8) is 0 Å². The maximum Gasteiger partial charge on any atom is 0.271 e. The van der Waals surface area contributed by atoms with Gasteiger partial charge in [0.15, 0.2) is 0 Å². The molecule has 0 unspecified atom stereocenters. The van der Waals surface area contributed by atoms with E-state index in [2.05, 4.69) is 5.10 Å². The van der Waals surface area contributed by atoms with E-state index in [1.54, 1.807) is 12.3 Å². The van der Waals surface area contributed by atoms with Crippen LogP contribution in [0.15, 0.2) is 53.5 Å². The van der Waals surface area contributed by atoms with E-state index in [-0.39, 0.29) is 5.56 Å². The molecule has 3 nitrogen and oxygen atoms in total. The Balaban J connectivity index is 0.00000121. The minimum absolute atomic E-state index is 0.133. The molecule has 0 bridgehead atoms. The Labute approximate surface area is 103 Å². The Kier molecular flexibility index (Phi) is 8.29. The molecule has 0 fully saturated rings. The summed E-state index contributed by atoms with van der Waals surface area (Å²) in [5.41, 5.74) is 0.618. The minimum atomic E-state index is -0.133. The number of hydrogen-bond acceptors (Lipinski definition) is 2. The summed E-state index contributed by atoms with van der Waals surface area (Å²) in [5, 5.41) is 4.00. The summed E-state index contributed by atoms with van der Waals surface area (Å²) in [7, 11) is 0. The molecule has 0 radical (unpaired) electrons. The van der Waals surface area contributed by atoms with Crippen LogP contribution < -0.4 is 5.56 Å². The smallest absolute Gasteiger partial charge is 0.267 e. The molecule has 1 aromatic rings. The normalized spacial score (nSPS) is 11.6. The van der Waals surface area contributed by atoms with Crippen molar-refractivity contribution in [2.24, 2.45) is 0 Å². The van der Waals surface area contributed by atoms with E-state index in [0.717, 1.165) is 5.70 Å². The fourth-order valence-corrected chi connectivity index (χ4v) is 1.11. The van der Waals surface area contributed by atoms with Crippen LogP contribution >= 0.6 is 0 Å². The molecule has 0 spiro atoms. The molecule has 0 N–H and O–H groups in total. The largest absolute Gasteiger partial charge is 0.271 e. The SMILES string of the molecule is CC.C\C=C/C=C(\C=C/C)n1ncccc1=O. The Morgan fingerprint density at radius 3 is 2.53 bits per heavy atom. The number of nitrogens with zero attached hydrogens (tertiary/aromatic N) is 2. The Morgan fingerprint density at radius 1 is 1.29 bits per heavy atom. The van der Waals surface area contributed by atoms with Gasteiger partial charge in [-0.1, -0.05) is 32.1 Å². The highest BCUT2D eigenvalue weighted by molar-refractivity contribution is 5.57. The van der Waals surface area contributed by atoms with Crippen LogP contribution in [0.25, 0.3) is 5.70 Å². The van der Waals surface area contributed by atoms with E-state index in [4.69, 9.17) is 0 Å². The van der Waals surface area contributed by atoms with Gasteiger partial charge in [0.2, 0.25) is 0 Å². The highest BCUT2D eigenvalue weighted by atomic mass is 16.1. The molecule has 0 aromatic carbocycles. The molecule has 0 saturated carbocycles. The molecule has 3 heteroatoms. The third kappa shape index (κ3) is 5.11. The van der Waals surface area contributed by atoms with Crippen LogP contribution in [0, 0.1) is 0 Å². The summed E-state index contributed by atoms with van der Waals surface area (Å²) >= 11 is 0. The van der Waals surface area contributed by atoms with Gasteiger partial charge in [0, 0.05) is 12.3 Å². The first-order valence-electron chi connectivity index (χ1n) is 5.80. The molecule has 0 amide bonds. The molecule has 1 rings (SSSR count). The van der Waals surface area contributed by atoms with Crippen LogP contribution in [0.1, 0.15) is 27.7 Å². The third-order valence-electron chi connectivity index (χ3n) is 1.76. The number of allylic oxidation sites excluding steroid dienone is 6. The second-order valence-electron chi connectivity index (χ2n) is 2.89. The maximum absolute atomic E-state index is 11.5. The van der Waals surface area contributed by atoms with Gasteiger partial charge in [-0.15, -0.1) is 0 Å². The van der Waals surface area contributed by atoms with Crippen molar-refractivity contribution in [1.82, 2.24) is 9.78 Å². The average molecular weight is 232 g/mol. The molecule has 0 aliphatic heterocycles. The van der Waals surface area contributed by atoms with Crippen LogP contribution in [-0.4, -0.2) is 9.78 Å². The number of aromatic nitrogens is 2. The topological polar surface area (TPSA) is 34.9 Å². The van der Waals surface area contributed by atoms with E-state index in [9.17, 15) is 4.79 Å². The molecule has 0 aliphatic carbocycles. The summed E-state index contributed by atoms with van der Waals surface area (Å²) in [4.78, 5) is 11.5. The molecule has 0 aliphatic rings. The molecule has 0 saturated heterocycles. The van der Waals surface area contributed by atoms with Crippen molar-refractivity contribution < 1.29 is 0 Å². The highest BCUT2D eigenvalue weighted by Crippen LogP contribution is 2.01. The first kappa shape index (κ1) is 15.1. The molecule has 92 valence electrons. The quantitative estimate of drug-likeness (QED) is 0.750. The first-order valence-corrected chi connectivity index (χ1v) is 5.80. The lowest BCUT2D eigenvalue weighted by Crippen LogP contribution is -2.19. The van der Waals surface area contributed by atoms with Gasteiger partial charge < -0.3 is 0 Å². The second kappa shape index (κ2) is 9.33. The van der Waals surface area contributed by atoms with Gasteiger partial charge in [0.25, 0.3) is 5.56 Å². The van der Waals surface area contributed by atoms with Gasteiger partial charge in [0.05, 0.1) is 5.70 Å². The highest BCUT2D eigenvalue weighted by Gasteiger charge is 1.97. The summed E-state index contributed by atoms with van der Waals surface area (Å²) < 4.78 is 1.36. The van der Waals surface area contributed by atoms with Crippen LogP contribution in [0.5, 0.6) is 0 Å². The van der Waals surface area contributed by atoms with Crippen molar-refractivity contribution >= 4 is 5.70 Å². The lowest BCUT2D eigenvalue weighted by molar-refractivity contribution is 0.831. The van der Waals surface area contributed by atoms with Crippen LogP contribution in [-0.2, 0) is 0 Å². The van der Waals surface area contributed by atoms with E-state index in [1.165, 1.54) is 10.7 Å². The fourth-order valence-electron chi connectivity index (χ4n) is 1.11. The van der Waals surface area contributed by atoms with E-state index in [1.807, 2.05) is 58.1 Å². The molecule has 1 heterocycles. The zero-order valence-electron chi connectivity index (χ0n) is 10.9. The van der Waals surface area contributed by atoms with E-state index in [0.29, 0.717) is 0 Å². The summed E-state index contributed by atoms with van der Waals surface area (Å²) in [6.07, 6.45) is 10.9. The predicted octanol–water partition coefficient (Wildman–Crippen LogP) is 3.26. The predicted molar refractivity (Wildman–Crippen MR) is 73.7 cm³/mol. The summed E-state index contributed by atoms with van der Waals surface area (Å²) in [6, 6.07) is 3.11. The number of hydrogen-bond donors (Lipinski definition) is 0. The molecular formula is C14H20N2O. The molecular weight excluding hydrogens is 212 g/mol.